The van der Waals surface area contributed by atoms with E-state index >= 15 is 0 Å². The van der Waals surface area contributed by atoms with Gasteiger partial charge in [0.05, 0.1) is 16.3 Å². The Balaban J connectivity index is 1.37. The maximum absolute atomic E-state index is 12.9. The van der Waals surface area contributed by atoms with E-state index in [1.807, 2.05) is 69.3 Å². The number of thioether (sulfide) groups is 1. The van der Waals surface area contributed by atoms with Gasteiger partial charge in [0, 0.05) is 4.47 Å². The van der Waals surface area contributed by atoms with Gasteiger partial charge in [0.1, 0.15) is 5.75 Å². The Kier molecular flexibility index (Phi) is 7.74. The van der Waals surface area contributed by atoms with Gasteiger partial charge in [-0.3, -0.25) is 14.5 Å². The molecule has 0 radical (unpaired) electrons. The quantitative estimate of drug-likeness (QED) is 0.262. The third-order valence-electron chi connectivity index (χ3n) is 5.49. The van der Waals surface area contributed by atoms with Crippen molar-refractivity contribution in [3.63, 3.8) is 0 Å². The maximum Gasteiger partial charge on any atom is 0.270 e. The predicted molar refractivity (Wildman–Crippen MR) is 151 cm³/mol. The van der Waals surface area contributed by atoms with Crippen LogP contribution in [0.2, 0.25) is 0 Å². The highest BCUT2D eigenvalue weighted by Gasteiger charge is 2.33. The summed E-state index contributed by atoms with van der Waals surface area (Å²) in [6.07, 6.45) is 1.81. The number of ether oxygens (including phenoxy) is 1. The molecule has 1 fully saturated rings. The summed E-state index contributed by atoms with van der Waals surface area (Å²) in [5.41, 5.74) is 5.66. The van der Waals surface area contributed by atoms with E-state index in [2.05, 4.69) is 21.2 Å². The molecule has 3 aromatic rings. The van der Waals surface area contributed by atoms with Gasteiger partial charge in [-0.1, -0.05) is 53.8 Å². The second kappa shape index (κ2) is 10.8. The normalized spacial score (nSPS) is 14.5. The number of hydrogen-bond donors (Lipinski definition) is 1. The number of carbonyl (C=O) groups is 2. The Bertz CT molecular complexity index is 1340. The molecule has 8 heteroatoms. The molecule has 1 aliphatic rings. The summed E-state index contributed by atoms with van der Waals surface area (Å²) in [6.45, 7) is 5.89. The molecule has 0 aromatic heterocycles. The third kappa shape index (κ3) is 6.01. The van der Waals surface area contributed by atoms with Crippen LogP contribution >= 0.6 is 39.9 Å². The van der Waals surface area contributed by atoms with E-state index in [0.29, 0.717) is 20.7 Å². The molecule has 0 spiro atoms. The van der Waals surface area contributed by atoms with E-state index in [4.69, 9.17) is 17.0 Å². The molecule has 0 saturated carbocycles. The standard InChI is InChI=1S/C27H23BrN2O3S2/c1-16-4-8-20(9-5-16)30-26(32)24(35-27(30)34)14-19-6-10-21(11-7-19)33-15-25(31)29-23-13-18(3)17(2)12-22(23)28/h4-14H,15H2,1-3H3,(H,29,31)/b24-14-. The van der Waals surface area contributed by atoms with E-state index in [1.165, 1.54) is 11.8 Å². The second-order valence-electron chi connectivity index (χ2n) is 8.17. The molecule has 5 nitrogen and oxygen atoms in total. The van der Waals surface area contributed by atoms with Crippen molar-refractivity contribution in [3.05, 3.63) is 92.3 Å². The first-order valence-electron chi connectivity index (χ1n) is 10.9. The smallest absolute Gasteiger partial charge is 0.270 e. The van der Waals surface area contributed by atoms with E-state index in [9.17, 15) is 9.59 Å². The van der Waals surface area contributed by atoms with E-state index in [-0.39, 0.29) is 18.4 Å². The highest BCUT2D eigenvalue weighted by molar-refractivity contribution is 9.10. The van der Waals surface area contributed by atoms with Crippen molar-refractivity contribution in [2.24, 2.45) is 0 Å². The van der Waals surface area contributed by atoms with Gasteiger partial charge < -0.3 is 10.1 Å². The van der Waals surface area contributed by atoms with Crippen molar-refractivity contribution in [3.8, 4) is 5.75 Å². The Hall–Kier alpha value is -2.94. The first kappa shape index (κ1) is 25.2. The number of nitrogens with zero attached hydrogens (tertiary/aromatic N) is 1. The van der Waals surface area contributed by atoms with Crippen LogP contribution in [-0.4, -0.2) is 22.7 Å². The van der Waals surface area contributed by atoms with Gasteiger partial charge in [0.15, 0.2) is 10.9 Å². The Labute approximate surface area is 222 Å². The van der Waals surface area contributed by atoms with E-state index in [1.54, 1.807) is 23.1 Å². The first-order chi connectivity index (χ1) is 16.7. The summed E-state index contributed by atoms with van der Waals surface area (Å²) in [5, 5.41) is 2.86. The number of anilines is 2. The number of carbonyl (C=O) groups excluding carboxylic acids is 2. The molecule has 0 bridgehead atoms. The summed E-state index contributed by atoms with van der Waals surface area (Å²) < 4.78 is 6.96. The number of aryl methyl sites for hydroxylation is 3. The molecule has 0 aliphatic carbocycles. The van der Waals surface area contributed by atoms with E-state index in [0.717, 1.165) is 32.4 Å². The molecule has 178 valence electrons. The van der Waals surface area contributed by atoms with Crippen LogP contribution < -0.4 is 15.0 Å². The van der Waals surface area contributed by atoms with Gasteiger partial charge in [-0.2, -0.15) is 0 Å². The molecule has 1 N–H and O–H groups in total. The van der Waals surface area contributed by atoms with Crippen molar-refractivity contribution < 1.29 is 14.3 Å². The lowest BCUT2D eigenvalue weighted by Crippen LogP contribution is -2.27. The minimum absolute atomic E-state index is 0.117. The summed E-state index contributed by atoms with van der Waals surface area (Å²) in [7, 11) is 0. The van der Waals surface area contributed by atoms with Crippen molar-refractivity contribution in [1.82, 2.24) is 0 Å². The van der Waals surface area contributed by atoms with Crippen molar-refractivity contribution in [2.45, 2.75) is 20.8 Å². The van der Waals surface area contributed by atoms with Crippen LogP contribution in [0, 0.1) is 20.8 Å². The number of rotatable bonds is 6. The zero-order valence-corrected chi connectivity index (χ0v) is 22.6. The highest BCUT2D eigenvalue weighted by atomic mass is 79.9. The first-order valence-corrected chi connectivity index (χ1v) is 12.9. The topological polar surface area (TPSA) is 58.6 Å². The van der Waals surface area contributed by atoms with Gasteiger partial charge in [-0.05, 0) is 95.9 Å². The average molecular weight is 568 g/mol. The molecular weight excluding hydrogens is 544 g/mol. The van der Waals surface area contributed by atoms with Crippen LogP contribution in [0.4, 0.5) is 11.4 Å². The van der Waals surface area contributed by atoms with Crippen LogP contribution in [0.15, 0.2) is 70.0 Å². The van der Waals surface area contributed by atoms with Crippen molar-refractivity contribution in [2.75, 3.05) is 16.8 Å². The molecule has 1 heterocycles. The van der Waals surface area contributed by atoms with Crippen LogP contribution in [0.5, 0.6) is 5.75 Å². The lowest BCUT2D eigenvalue weighted by molar-refractivity contribution is -0.118. The van der Waals surface area contributed by atoms with E-state index < -0.39 is 0 Å². The minimum Gasteiger partial charge on any atom is -0.484 e. The van der Waals surface area contributed by atoms with Gasteiger partial charge in [0.25, 0.3) is 11.8 Å². The summed E-state index contributed by atoms with van der Waals surface area (Å²) >= 11 is 10.2. The highest BCUT2D eigenvalue weighted by Crippen LogP contribution is 2.36. The summed E-state index contributed by atoms with van der Waals surface area (Å²) in [4.78, 5) is 27.4. The number of thiocarbonyl (C=S) groups is 1. The SMILES string of the molecule is Cc1ccc(N2C(=O)/C(=C/c3ccc(OCC(=O)Nc4cc(C)c(C)cc4Br)cc3)SC2=S)cc1. The van der Waals surface area contributed by atoms with Crippen molar-refractivity contribution >= 4 is 73.5 Å². The molecular formula is C27H23BrN2O3S2. The van der Waals surface area contributed by atoms with Gasteiger partial charge in [-0.25, -0.2) is 0 Å². The lowest BCUT2D eigenvalue weighted by Gasteiger charge is -2.14. The molecule has 2 amide bonds. The largest absolute Gasteiger partial charge is 0.484 e. The molecule has 3 aromatic carbocycles. The molecule has 0 unspecified atom stereocenters. The Morgan fingerprint density at radius 2 is 1.71 bits per heavy atom. The fourth-order valence-corrected chi connectivity index (χ4v) is 5.26. The number of halogens is 1. The molecule has 1 aliphatic heterocycles. The third-order valence-corrected chi connectivity index (χ3v) is 7.45. The lowest BCUT2D eigenvalue weighted by atomic mass is 10.1. The fraction of sp³-hybridized carbons (Fsp3) is 0.148. The van der Waals surface area contributed by atoms with Gasteiger partial charge in [-0.15, -0.1) is 0 Å². The molecule has 4 rings (SSSR count). The number of amides is 2. The van der Waals surface area contributed by atoms with Crippen LogP contribution in [0.25, 0.3) is 6.08 Å². The summed E-state index contributed by atoms with van der Waals surface area (Å²) in [5.74, 6) is 0.167. The van der Waals surface area contributed by atoms with Crippen molar-refractivity contribution in [1.29, 1.82) is 0 Å². The van der Waals surface area contributed by atoms with Gasteiger partial charge >= 0.3 is 0 Å². The number of hydrogen-bond acceptors (Lipinski definition) is 5. The minimum atomic E-state index is -0.252. The van der Waals surface area contributed by atoms with Crippen LogP contribution in [0.1, 0.15) is 22.3 Å². The fourth-order valence-electron chi connectivity index (χ4n) is 3.41. The predicted octanol–water partition coefficient (Wildman–Crippen LogP) is 6.80. The van der Waals surface area contributed by atoms with Crippen LogP contribution in [-0.2, 0) is 9.59 Å². The number of benzene rings is 3. The number of nitrogens with one attached hydrogen (secondary N) is 1. The van der Waals surface area contributed by atoms with Gasteiger partial charge in [0.2, 0.25) is 0 Å². The summed E-state index contributed by atoms with van der Waals surface area (Å²) in [6, 6.07) is 18.8. The Morgan fingerprint density at radius 3 is 2.40 bits per heavy atom. The maximum atomic E-state index is 12.9. The van der Waals surface area contributed by atoms with Crippen LogP contribution in [0.3, 0.4) is 0 Å². The molecule has 0 atom stereocenters. The monoisotopic (exact) mass is 566 g/mol. The average Bonchev–Trinajstić information content (AvgIpc) is 3.10. The second-order valence-corrected chi connectivity index (χ2v) is 10.7. The zero-order valence-electron chi connectivity index (χ0n) is 19.4. The Morgan fingerprint density at radius 1 is 1.06 bits per heavy atom. The molecule has 1 saturated heterocycles. The molecule has 35 heavy (non-hydrogen) atoms. The zero-order chi connectivity index (χ0) is 25.1.